The van der Waals surface area contributed by atoms with Crippen molar-refractivity contribution in [3.05, 3.63) is 58.7 Å². The van der Waals surface area contributed by atoms with E-state index >= 15 is 0 Å². The van der Waals surface area contributed by atoms with Gasteiger partial charge in [0.1, 0.15) is 11.5 Å². The fraction of sp³-hybridized carbons (Fsp3) is 0.500. The first-order valence-electron chi connectivity index (χ1n) is 11.4. The van der Waals surface area contributed by atoms with E-state index in [9.17, 15) is 4.79 Å². The van der Waals surface area contributed by atoms with Gasteiger partial charge in [-0.15, -0.1) is 0 Å². The number of carbonyl (C=O) groups is 1. The Morgan fingerprint density at radius 2 is 1.77 bits per heavy atom. The Labute approximate surface area is 185 Å². The molecule has 5 heteroatoms. The van der Waals surface area contributed by atoms with Crippen LogP contribution in [0.2, 0.25) is 0 Å². The normalized spacial score (nSPS) is 18.9. The van der Waals surface area contributed by atoms with Crippen molar-refractivity contribution in [1.82, 2.24) is 9.80 Å². The van der Waals surface area contributed by atoms with E-state index in [2.05, 4.69) is 35.8 Å². The molecule has 2 heterocycles. The molecule has 0 radical (unpaired) electrons. The second-order valence-corrected chi connectivity index (χ2v) is 8.93. The molecule has 31 heavy (non-hydrogen) atoms. The molecule has 2 aliphatic rings. The molecule has 1 atom stereocenters. The van der Waals surface area contributed by atoms with Crippen molar-refractivity contribution in [1.29, 1.82) is 0 Å². The number of hydrogen-bond donors (Lipinski definition) is 0. The predicted molar refractivity (Wildman–Crippen MR) is 123 cm³/mol. The predicted octanol–water partition coefficient (Wildman–Crippen LogP) is 4.10. The number of carbonyl (C=O) groups excluding carboxylic acids is 1. The van der Waals surface area contributed by atoms with Crippen molar-refractivity contribution < 1.29 is 14.3 Å². The summed E-state index contributed by atoms with van der Waals surface area (Å²) in [6.45, 7) is 9.90. The van der Waals surface area contributed by atoms with Gasteiger partial charge in [0.25, 0.3) is 5.91 Å². The molecule has 4 rings (SSSR count). The molecule has 0 N–H and O–H groups in total. The molecule has 0 saturated carbocycles. The summed E-state index contributed by atoms with van der Waals surface area (Å²) in [4.78, 5) is 17.6. The third-order valence-corrected chi connectivity index (χ3v) is 6.68. The fourth-order valence-electron chi connectivity index (χ4n) is 4.71. The lowest BCUT2D eigenvalue weighted by Crippen LogP contribution is -2.41. The number of rotatable bonds is 8. The highest BCUT2D eigenvalue weighted by Gasteiger charge is 2.29. The Kier molecular flexibility index (Phi) is 6.81. The van der Waals surface area contributed by atoms with Crippen LogP contribution >= 0.6 is 0 Å². The van der Waals surface area contributed by atoms with E-state index in [4.69, 9.17) is 9.47 Å². The van der Waals surface area contributed by atoms with Gasteiger partial charge in [0.2, 0.25) is 0 Å². The molecule has 0 spiro atoms. The smallest absolute Gasteiger partial charge is 0.254 e. The number of benzene rings is 2. The zero-order valence-electron chi connectivity index (χ0n) is 19.0. The maximum Gasteiger partial charge on any atom is 0.254 e. The first-order chi connectivity index (χ1) is 15.0. The number of aryl methyl sites for hydroxylation is 2. The Balaban J connectivity index is 1.20. The molecule has 5 nitrogen and oxygen atoms in total. The topological polar surface area (TPSA) is 42.0 Å². The monoisotopic (exact) mass is 422 g/mol. The van der Waals surface area contributed by atoms with Gasteiger partial charge in [-0.2, -0.15) is 0 Å². The Morgan fingerprint density at radius 1 is 1.03 bits per heavy atom. The van der Waals surface area contributed by atoms with Crippen LogP contribution < -0.4 is 9.47 Å². The number of hydrogen-bond acceptors (Lipinski definition) is 4. The fourth-order valence-corrected chi connectivity index (χ4v) is 4.71. The summed E-state index contributed by atoms with van der Waals surface area (Å²) in [5.74, 6) is 2.51. The molecule has 0 bridgehead atoms. The highest BCUT2D eigenvalue weighted by molar-refractivity contribution is 5.97. The zero-order chi connectivity index (χ0) is 21.8. The minimum atomic E-state index is 0.218. The second-order valence-electron chi connectivity index (χ2n) is 8.93. The Hall–Kier alpha value is -2.53. The SMILES string of the molecule is COc1ccc(OCCCN2CCC(CN3CCc4cc(C)c(C)cc4C3=O)C2)cc1. The summed E-state index contributed by atoms with van der Waals surface area (Å²) in [5, 5.41) is 0. The molecular formula is C26H34N2O3. The molecule has 1 unspecified atom stereocenters. The summed E-state index contributed by atoms with van der Waals surface area (Å²) in [6, 6.07) is 12.0. The van der Waals surface area contributed by atoms with Crippen molar-refractivity contribution in [3.8, 4) is 11.5 Å². The van der Waals surface area contributed by atoms with Crippen molar-refractivity contribution in [2.75, 3.05) is 46.4 Å². The van der Waals surface area contributed by atoms with Gasteiger partial charge < -0.3 is 19.3 Å². The first-order valence-corrected chi connectivity index (χ1v) is 11.4. The first kappa shape index (κ1) is 21.7. The van der Waals surface area contributed by atoms with Crippen LogP contribution in [0.15, 0.2) is 36.4 Å². The molecule has 166 valence electrons. The molecule has 0 aromatic heterocycles. The summed E-state index contributed by atoms with van der Waals surface area (Å²) >= 11 is 0. The van der Waals surface area contributed by atoms with Crippen LogP contribution in [0, 0.1) is 19.8 Å². The quantitative estimate of drug-likeness (QED) is 0.601. The van der Waals surface area contributed by atoms with Gasteiger partial charge in [-0.1, -0.05) is 6.07 Å². The number of amides is 1. The Bertz CT molecular complexity index is 910. The molecule has 1 fully saturated rings. The minimum Gasteiger partial charge on any atom is -0.497 e. The summed E-state index contributed by atoms with van der Waals surface area (Å²) < 4.78 is 11.0. The molecule has 2 aromatic rings. The Morgan fingerprint density at radius 3 is 2.55 bits per heavy atom. The van der Waals surface area contributed by atoms with Gasteiger partial charge in [-0.05, 0) is 92.6 Å². The number of nitrogens with zero attached hydrogens (tertiary/aromatic N) is 2. The minimum absolute atomic E-state index is 0.218. The molecule has 1 saturated heterocycles. The van der Waals surface area contributed by atoms with Crippen molar-refractivity contribution in [2.45, 2.75) is 33.1 Å². The summed E-state index contributed by atoms with van der Waals surface area (Å²) in [5.41, 5.74) is 4.62. The van der Waals surface area contributed by atoms with E-state index in [1.807, 2.05) is 24.3 Å². The zero-order valence-corrected chi connectivity index (χ0v) is 19.0. The van der Waals surface area contributed by atoms with Gasteiger partial charge in [-0.25, -0.2) is 0 Å². The van der Waals surface area contributed by atoms with Crippen LogP contribution in [-0.4, -0.2) is 62.1 Å². The molecule has 2 aromatic carbocycles. The number of likely N-dealkylation sites (tertiary alicyclic amines) is 1. The van der Waals surface area contributed by atoms with Crippen LogP contribution in [0.3, 0.4) is 0 Å². The standard InChI is InChI=1S/C26H34N2O3/c1-19-15-22-10-13-28(26(29)25(22)16-20(19)2)18-21-9-12-27(17-21)11-4-14-31-24-7-5-23(30-3)6-8-24/h5-8,15-16,21H,4,9-14,17-18H2,1-3H3. The lowest BCUT2D eigenvalue weighted by Gasteiger charge is -2.31. The second kappa shape index (κ2) is 9.73. The third-order valence-electron chi connectivity index (χ3n) is 6.68. The molecule has 1 amide bonds. The average Bonchev–Trinajstić information content (AvgIpc) is 3.22. The lowest BCUT2D eigenvalue weighted by molar-refractivity contribution is 0.0712. The van der Waals surface area contributed by atoms with Crippen LogP contribution in [-0.2, 0) is 6.42 Å². The maximum absolute atomic E-state index is 13.0. The largest absolute Gasteiger partial charge is 0.497 e. The van der Waals surface area contributed by atoms with E-state index in [-0.39, 0.29) is 5.91 Å². The van der Waals surface area contributed by atoms with Gasteiger partial charge >= 0.3 is 0 Å². The van der Waals surface area contributed by atoms with Gasteiger partial charge in [0.05, 0.1) is 13.7 Å². The average molecular weight is 423 g/mol. The van der Waals surface area contributed by atoms with Crippen molar-refractivity contribution in [2.24, 2.45) is 5.92 Å². The number of ether oxygens (including phenoxy) is 2. The van der Waals surface area contributed by atoms with E-state index in [0.29, 0.717) is 12.5 Å². The van der Waals surface area contributed by atoms with Crippen molar-refractivity contribution in [3.63, 3.8) is 0 Å². The van der Waals surface area contributed by atoms with E-state index in [0.717, 1.165) is 62.6 Å². The highest BCUT2D eigenvalue weighted by atomic mass is 16.5. The molecule has 0 aliphatic carbocycles. The number of methoxy groups -OCH3 is 1. The van der Waals surface area contributed by atoms with Gasteiger partial charge in [0.15, 0.2) is 0 Å². The summed E-state index contributed by atoms with van der Waals surface area (Å²) in [7, 11) is 1.67. The third kappa shape index (κ3) is 5.21. The van der Waals surface area contributed by atoms with Crippen LogP contribution in [0.25, 0.3) is 0 Å². The summed E-state index contributed by atoms with van der Waals surface area (Å²) in [6.07, 6.45) is 3.15. The molecular weight excluding hydrogens is 388 g/mol. The van der Waals surface area contributed by atoms with E-state index < -0.39 is 0 Å². The van der Waals surface area contributed by atoms with Crippen LogP contribution in [0.5, 0.6) is 11.5 Å². The van der Waals surface area contributed by atoms with Crippen molar-refractivity contribution >= 4 is 5.91 Å². The van der Waals surface area contributed by atoms with Crippen LogP contribution in [0.4, 0.5) is 0 Å². The van der Waals surface area contributed by atoms with E-state index in [1.165, 1.54) is 23.1 Å². The van der Waals surface area contributed by atoms with Crippen LogP contribution in [0.1, 0.15) is 39.9 Å². The van der Waals surface area contributed by atoms with E-state index in [1.54, 1.807) is 7.11 Å². The van der Waals surface area contributed by atoms with Gasteiger partial charge in [0, 0.05) is 31.7 Å². The number of fused-ring (bicyclic) bond motifs is 1. The molecule has 2 aliphatic heterocycles. The maximum atomic E-state index is 13.0. The highest BCUT2D eigenvalue weighted by Crippen LogP contribution is 2.25. The lowest BCUT2D eigenvalue weighted by atomic mass is 9.93. The van der Waals surface area contributed by atoms with Gasteiger partial charge in [-0.3, -0.25) is 4.79 Å².